The third kappa shape index (κ3) is 2.85. The van der Waals surface area contributed by atoms with Gasteiger partial charge in [-0.2, -0.15) is 0 Å². The van der Waals surface area contributed by atoms with Gasteiger partial charge >= 0.3 is 0 Å². The number of nitrogens with one attached hydrogen (secondary N) is 1. The predicted molar refractivity (Wildman–Crippen MR) is 92.1 cm³/mol. The van der Waals surface area contributed by atoms with Gasteiger partial charge in [0.15, 0.2) is 0 Å². The molecule has 0 atom stereocenters. The number of aromatic nitrogens is 1. The molecule has 21 heavy (non-hydrogen) atoms. The van der Waals surface area contributed by atoms with Crippen LogP contribution >= 0.6 is 12.2 Å². The quantitative estimate of drug-likeness (QED) is 0.719. The highest BCUT2D eigenvalue weighted by Crippen LogP contribution is 2.23. The fraction of sp³-hybridized carbons (Fsp3) is 0.0588. The van der Waals surface area contributed by atoms with Crippen molar-refractivity contribution >= 4 is 39.5 Å². The summed E-state index contributed by atoms with van der Waals surface area (Å²) in [5.41, 5.74) is 10.7. The molecule has 3 rings (SSSR count). The minimum absolute atomic E-state index is 0.427. The number of aryl methyl sites for hydroxylation is 1. The van der Waals surface area contributed by atoms with Crippen molar-refractivity contribution in [1.82, 2.24) is 4.98 Å². The molecular weight excluding hydrogens is 278 g/mol. The van der Waals surface area contributed by atoms with E-state index in [0.717, 1.165) is 33.4 Å². The summed E-state index contributed by atoms with van der Waals surface area (Å²) >= 11 is 5.03. The Morgan fingerprint density at radius 3 is 2.62 bits per heavy atom. The average molecular weight is 293 g/mol. The second-order valence-corrected chi connectivity index (χ2v) is 5.37. The lowest BCUT2D eigenvalue weighted by molar-refractivity contribution is 1.40. The lowest BCUT2D eigenvalue weighted by atomic mass is 10.1. The highest BCUT2D eigenvalue weighted by atomic mass is 32.1. The van der Waals surface area contributed by atoms with Gasteiger partial charge in [-0.05, 0) is 55.0 Å². The minimum atomic E-state index is 0.427. The van der Waals surface area contributed by atoms with Crippen LogP contribution in [-0.4, -0.2) is 9.97 Å². The standard InChI is InChI=1S/C17H15N3S/c1-11-9-13(4-6-15(11)17(18)21)20-14-5-7-16-12(10-14)3-2-8-19-16/h2-10,20H,1H3,(H2,18,21). The molecule has 0 amide bonds. The molecule has 0 unspecified atom stereocenters. The zero-order chi connectivity index (χ0) is 14.8. The number of anilines is 2. The van der Waals surface area contributed by atoms with Gasteiger partial charge in [-0.15, -0.1) is 0 Å². The summed E-state index contributed by atoms with van der Waals surface area (Å²) in [7, 11) is 0. The monoisotopic (exact) mass is 293 g/mol. The normalized spacial score (nSPS) is 10.5. The molecule has 0 saturated carbocycles. The molecule has 0 radical (unpaired) electrons. The molecule has 3 N–H and O–H groups in total. The van der Waals surface area contributed by atoms with Gasteiger partial charge in [-0.25, -0.2) is 0 Å². The fourth-order valence-corrected chi connectivity index (χ4v) is 2.57. The van der Waals surface area contributed by atoms with E-state index < -0.39 is 0 Å². The van der Waals surface area contributed by atoms with Gasteiger partial charge in [0, 0.05) is 28.5 Å². The molecule has 1 heterocycles. The van der Waals surface area contributed by atoms with Crippen molar-refractivity contribution in [2.24, 2.45) is 5.73 Å². The molecule has 0 spiro atoms. The molecule has 104 valence electrons. The largest absolute Gasteiger partial charge is 0.389 e. The summed E-state index contributed by atoms with van der Waals surface area (Å²) in [4.78, 5) is 4.75. The number of rotatable bonds is 3. The van der Waals surface area contributed by atoms with E-state index in [4.69, 9.17) is 18.0 Å². The van der Waals surface area contributed by atoms with E-state index in [2.05, 4.69) is 22.4 Å². The number of thiocarbonyl (C=S) groups is 1. The van der Waals surface area contributed by atoms with Crippen molar-refractivity contribution in [3.63, 3.8) is 0 Å². The second kappa shape index (κ2) is 5.50. The maximum absolute atomic E-state index is 5.68. The zero-order valence-electron chi connectivity index (χ0n) is 11.6. The van der Waals surface area contributed by atoms with Gasteiger partial charge in [-0.1, -0.05) is 18.3 Å². The van der Waals surface area contributed by atoms with Crippen molar-refractivity contribution in [3.05, 3.63) is 65.9 Å². The van der Waals surface area contributed by atoms with Crippen molar-refractivity contribution in [2.45, 2.75) is 6.92 Å². The molecule has 0 aliphatic rings. The average Bonchev–Trinajstić information content (AvgIpc) is 2.47. The molecule has 1 aromatic heterocycles. The van der Waals surface area contributed by atoms with Crippen LogP contribution in [0.25, 0.3) is 10.9 Å². The van der Waals surface area contributed by atoms with Crippen molar-refractivity contribution < 1.29 is 0 Å². The lowest BCUT2D eigenvalue weighted by Gasteiger charge is -2.10. The van der Waals surface area contributed by atoms with Crippen LogP contribution in [0.2, 0.25) is 0 Å². The van der Waals surface area contributed by atoms with E-state index in [1.165, 1.54) is 0 Å². The molecule has 4 heteroatoms. The van der Waals surface area contributed by atoms with Crippen LogP contribution in [0.15, 0.2) is 54.7 Å². The first kappa shape index (κ1) is 13.5. The Kier molecular flexibility index (Phi) is 3.54. The number of hydrogen-bond donors (Lipinski definition) is 2. The van der Waals surface area contributed by atoms with Gasteiger partial charge in [0.25, 0.3) is 0 Å². The second-order valence-electron chi connectivity index (χ2n) is 4.93. The SMILES string of the molecule is Cc1cc(Nc2ccc3ncccc3c2)ccc1C(N)=S. The molecule has 2 aromatic carbocycles. The first-order valence-corrected chi connectivity index (χ1v) is 7.06. The maximum Gasteiger partial charge on any atom is 0.104 e. The smallest absolute Gasteiger partial charge is 0.104 e. The van der Waals surface area contributed by atoms with Gasteiger partial charge in [0.2, 0.25) is 0 Å². The molecule has 0 aliphatic heterocycles. The van der Waals surface area contributed by atoms with Crippen molar-refractivity contribution in [3.8, 4) is 0 Å². The first-order valence-electron chi connectivity index (χ1n) is 6.66. The highest BCUT2D eigenvalue weighted by molar-refractivity contribution is 7.80. The van der Waals surface area contributed by atoms with Crippen LogP contribution in [0, 0.1) is 6.92 Å². The summed E-state index contributed by atoms with van der Waals surface area (Å²) in [5, 5.41) is 4.50. The zero-order valence-corrected chi connectivity index (χ0v) is 12.4. The molecule has 3 aromatic rings. The van der Waals surface area contributed by atoms with Gasteiger partial charge in [-0.3, -0.25) is 4.98 Å². The van der Waals surface area contributed by atoms with E-state index in [9.17, 15) is 0 Å². The van der Waals surface area contributed by atoms with Crippen LogP contribution in [0.4, 0.5) is 11.4 Å². The van der Waals surface area contributed by atoms with Gasteiger partial charge in [0.05, 0.1) is 5.52 Å². The number of hydrogen-bond acceptors (Lipinski definition) is 3. The van der Waals surface area contributed by atoms with Gasteiger partial charge < -0.3 is 11.1 Å². The van der Waals surface area contributed by atoms with E-state index in [-0.39, 0.29) is 0 Å². The van der Waals surface area contributed by atoms with Crippen LogP contribution < -0.4 is 11.1 Å². The molecular formula is C17H15N3S. The third-order valence-electron chi connectivity index (χ3n) is 3.38. The van der Waals surface area contributed by atoms with E-state index in [1.54, 1.807) is 6.20 Å². The first-order chi connectivity index (χ1) is 10.1. The number of benzene rings is 2. The van der Waals surface area contributed by atoms with Crippen LogP contribution in [0.1, 0.15) is 11.1 Å². The summed E-state index contributed by atoms with van der Waals surface area (Å²) in [6, 6.07) is 16.1. The third-order valence-corrected chi connectivity index (χ3v) is 3.60. The molecule has 0 saturated heterocycles. The molecule has 0 fully saturated rings. The summed E-state index contributed by atoms with van der Waals surface area (Å²) in [5.74, 6) is 0. The number of fused-ring (bicyclic) bond motifs is 1. The Balaban J connectivity index is 1.91. The molecule has 0 bridgehead atoms. The Labute approximate surface area is 128 Å². The Hall–Kier alpha value is -2.46. The Morgan fingerprint density at radius 2 is 1.86 bits per heavy atom. The highest BCUT2D eigenvalue weighted by Gasteiger charge is 2.03. The Bertz CT molecular complexity index is 827. The lowest BCUT2D eigenvalue weighted by Crippen LogP contribution is -2.11. The summed E-state index contributed by atoms with van der Waals surface area (Å²) < 4.78 is 0. The number of nitrogens with zero attached hydrogens (tertiary/aromatic N) is 1. The number of nitrogens with two attached hydrogens (primary N) is 1. The maximum atomic E-state index is 5.68. The predicted octanol–water partition coefficient (Wildman–Crippen LogP) is 3.92. The topological polar surface area (TPSA) is 50.9 Å². The van der Waals surface area contributed by atoms with Crippen molar-refractivity contribution in [1.29, 1.82) is 0 Å². The number of pyridine rings is 1. The van der Waals surface area contributed by atoms with E-state index in [1.807, 2.05) is 43.3 Å². The molecule has 3 nitrogen and oxygen atoms in total. The molecule has 0 aliphatic carbocycles. The van der Waals surface area contributed by atoms with Crippen molar-refractivity contribution in [2.75, 3.05) is 5.32 Å². The summed E-state index contributed by atoms with van der Waals surface area (Å²) in [6.07, 6.45) is 1.80. The fourth-order valence-electron chi connectivity index (χ4n) is 2.34. The van der Waals surface area contributed by atoms with Gasteiger partial charge in [0.1, 0.15) is 4.99 Å². The van der Waals surface area contributed by atoms with Crippen LogP contribution in [0.3, 0.4) is 0 Å². The van der Waals surface area contributed by atoms with Crippen LogP contribution in [-0.2, 0) is 0 Å². The van der Waals surface area contributed by atoms with E-state index >= 15 is 0 Å². The van der Waals surface area contributed by atoms with E-state index in [0.29, 0.717) is 4.99 Å². The minimum Gasteiger partial charge on any atom is -0.389 e. The summed E-state index contributed by atoms with van der Waals surface area (Å²) in [6.45, 7) is 2.00. The van der Waals surface area contributed by atoms with Crippen LogP contribution in [0.5, 0.6) is 0 Å². The Morgan fingerprint density at radius 1 is 1.10 bits per heavy atom.